The number of rotatable bonds is 20. The predicted octanol–water partition coefficient (Wildman–Crippen LogP) is 7.66. The standard InChI is InChI=1S/C42H30O14.2C7H12O3/c43-39(23-5-11-31(12-6-23)51-41(45)29-3-1-27-19-33(55-47)15-9-25(27)17-29)53-35-21-49-38-36(22-50-37(35)38)54-40(44)24-7-13-32(14-8-24)52-42(46)30-4-2-28-20-34(56-48)16-10-26(28)18-30;2*1-2-7(9)10-6-4-3-5-8/h1-20,35-38,47-48H,21-22H2;2*2,8H,1,3-6H2/t35-,36-,37?,38?;;/m1../s1. The molecule has 2 unspecified atom stereocenters. The smallest absolute Gasteiger partial charge is 0.343 e. The van der Waals surface area contributed by atoms with Gasteiger partial charge in [0.25, 0.3) is 0 Å². The van der Waals surface area contributed by atoms with E-state index in [0.29, 0.717) is 50.0 Å². The van der Waals surface area contributed by atoms with E-state index in [2.05, 4.69) is 32.4 Å². The number of hydrogen-bond acceptors (Lipinski definition) is 20. The Balaban J connectivity index is 0.000000396. The fourth-order valence-electron chi connectivity index (χ4n) is 7.40. The molecular formula is C56H54O20. The average Bonchev–Trinajstić information content (AvgIpc) is 4.06. The summed E-state index contributed by atoms with van der Waals surface area (Å²) in [5, 5.41) is 37.4. The quantitative estimate of drug-likeness (QED) is 0.0109. The highest BCUT2D eigenvalue weighted by Crippen LogP contribution is 2.32. The van der Waals surface area contributed by atoms with Crippen LogP contribution in [-0.4, -0.2) is 121 Å². The van der Waals surface area contributed by atoms with Crippen LogP contribution >= 0.6 is 0 Å². The van der Waals surface area contributed by atoms with Crippen molar-refractivity contribution in [1.29, 1.82) is 0 Å². The van der Waals surface area contributed by atoms with Gasteiger partial charge in [0.2, 0.25) is 0 Å². The van der Waals surface area contributed by atoms with Crippen LogP contribution in [0.2, 0.25) is 0 Å². The lowest BCUT2D eigenvalue weighted by Gasteiger charge is -2.17. The maximum absolute atomic E-state index is 13.0. The summed E-state index contributed by atoms with van der Waals surface area (Å²) >= 11 is 0. The summed E-state index contributed by atoms with van der Waals surface area (Å²) < 4.78 is 43.3. The molecule has 2 saturated heterocycles. The number of fused-ring (bicyclic) bond motifs is 3. The first-order valence-corrected chi connectivity index (χ1v) is 23.7. The van der Waals surface area contributed by atoms with Gasteiger partial charge < -0.3 is 57.9 Å². The first-order chi connectivity index (χ1) is 36.9. The van der Waals surface area contributed by atoms with Gasteiger partial charge >= 0.3 is 35.8 Å². The lowest BCUT2D eigenvalue weighted by atomic mass is 10.1. The molecule has 0 saturated carbocycles. The summed E-state index contributed by atoms with van der Waals surface area (Å²) in [6.07, 6.45) is 2.15. The first kappa shape index (κ1) is 56.8. The second-order valence-electron chi connectivity index (χ2n) is 16.5. The highest BCUT2D eigenvalue weighted by atomic mass is 17.1. The Bertz CT molecular complexity index is 2770. The first-order valence-electron chi connectivity index (χ1n) is 23.7. The highest BCUT2D eigenvalue weighted by Gasteiger charge is 2.51. The zero-order valence-electron chi connectivity index (χ0n) is 40.8. The monoisotopic (exact) mass is 1050 g/mol. The Morgan fingerprint density at radius 3 is 1.16 bits per heavy atom. The summed E-state index contributed by atoms with van der Waals surface area (Å²) in [7, 11) is 0. The van der Waals surface area contributed by atoms with Crippen molar-refractivity contribution >= 4 is 57.4 Å². The number of esters is 6. The van der Waals surface area contributed by atoms with Crippen molar-refractivity contribution in [2.75, 3.05) is 39.6 Å². The molecule has 0 aliphatic carbocycles. The molecule has 0 aromatic heterocycles. The van der Waals surface area contributed by atoms with Crippen molar-refractivity contribution in [3.63, 3.8) is 0 Å². The number of carbonyl (C=O) groups excluding carboxylic acids is 6. The molecule has 0 amide bonds. The van der Waals surface area contributed by atoms with Gasteiger partial charge in [-0.3, -0.25) is 0 Å². The number of benzene rings is 6. The van der Waals surface area contributed by atoms with E-state index in [-0.39, 0.29) is 60.6 Å². The topological polar surface area (TPSA) is 276 Å². The van der Waals surface area contributed by atoms with E-state index in [1.54, 1.807) is 72.8 Å². The van der Waals surface area contributed by atoms with Crippen LogP contribution in [0, 0.1) is 0 Å². The molecular weight excluding hydrogens is 993 g/mol. The highest BCUT2D eigenvalue weighted by molar-refractivity contribution is 5.98. The minimum absolute atomic E-state index is 0.0281. The van der Waals surface area contributed by atoms with Gasteiger partial charge in [-0.1, -0.05) is 37.4 Å². The van der Waals surface area contributed by atoms with Crippen molar-refractivity contribution in [1.82, 2.24) is 0 Å². The second kappa shape index (κ2) is 28.8. The molecule has 2 aliphatic heterocycles. The van der Waals surface area contributed by atoms with Gasteiger partial charge in [0, 0.05) is 25.4 Å². The maximum atomic E-state index is 13.0. The zero-order chi connectivity index (χ0) is 54.4. The minimum Gasteiger partial charge on any atom is -0.463 e. The molecule has 8 rings (SSSR count). The Morgan fingerprint density at radius 1 is 0.461 bits per heavy atom. The van der Waals surface area contributed by atoms with E-state index in [9.17, 15) is 28.8 Å². The van der Waals surface area contributed by atoms with E-state index in [1.807, 2.05) is 0 Å². The third-order valence-corrected chi connectivity index (χ3v) is 11.3. The lowest BCUT2D eigenvalue weighted by molar-refractivity contribution is -0.138. The van der Waals surface area contributed by atoms with E-state index in [0.717, 1.165) is 33.7 Å². The Kier molecular flexibility index (Phi) is 21.5. The Hall–Kier alpha value is -8.50. The average molecular weight is 1050 g/mol. The van der Waals surface area contributed by atoms with Gasteiger partial charge in [-0.2, -0.15) is 0 Å². The third kappa shape index (κ3) is 16.2. The SMILES string of the molecule is C=CC(=O)OCCCCO.C=CC(=O)OCCCCO.O=C(Oc1ccc(C(=O)O[C@@H]2COC3C2OC[C@H]3OC(=O)c2ccc(OC(=O)c3ccc4cc(OO)ccc4c3)cc2)cc1)c1ccc2cc(OO)ccc2c1. The largest absolute Gasteiger partial charge is 0.463 e. The molecule has 20 heteroatoms. The van der Waals surface area contributed by atoms with Gasteiger partial charge in [-0.05, 0) is 144 Å². The molecule has 4 N–H and O–H groups in total. The van der Waals surface area contributed by atoms with Crippen LogP contribution < -0.4 is 19.2 Å². The van der Waals surface area contributed by atoms with Crippen molar-refractivity contribution in [2.45, 2.75) is 50.1 Å². The van der Waals surface area contributed by atoms with Crippen molar-refractivity contribution in [3.8, 4) is 23.0 Å². The fraction of sp³-hybridized carbons (Fsp3) is 0.250. The molecule has 2 heterocycles. The number of carbonyl (C=O) groups is 6. The van der Waals surface area contributed by atoms with Crippen LogP contribution in [0.15, 0.2) is 147 Å². The normalized spacial score (nSPS) is 16.0. The van der Waals surface area contributed by atoms with Crippen LogP contribution in [-0.2, 0) is 38.0 Å². The molecule has 4 atom stereocenters. The maximum Gasteiger partial charge on any atom is 0.343 e. The van der Waals surface area contributed by atoms with Crippen LogP contribution in [0.1, 0.15) is 67.1 Å². The lowest BCUT2D eigenvalue weighted by Crippen LogP contribution is -2.36. The van der Waals surface area contributed by atoms with Gasteiger partial charge in [-0.15, -0.1) is 0 Å². The zero-order valence-corrected chi connectivity index (χ0v) is 40.8. The van der Waals surface area contributed by atoms with Crippen LogP contribution in [0.4, 0.5) is 0 Å². The summed E-state index contributed by atoms with van der Waals surface area (Å²) in [5.41, 5.74) is 1.03. The molecule has 0 radical (unpaired) electrons. The number of hydrogen-bond donors (Lipinski definition) is 4. The number of ether oxygens (including phenoxy) is 8. The predicted molar refractivity (Wildman–Crippen MR) is 270 cm³/mol. The molecule has 76 heavy (non-hydrogen) atoms. The van der Waals surface area contributed by atoms with Crippen molar-refractivity contribution in [2.24, 2.45) is 0 Å². The van der Waals surface area contributed by atoms with Crippen molar-refractivity contribution in [3.05, 3.63) is 169 Å². The van der Waals surface area contributed by atoms with Gasteiger partial charge in [-0.25, -0.2) is 39.3 Å². The molecule has 2 aliphatic rings. The van der Waals surface area contributed by atoms with Gasteiger partial charge in [0.15, 0.2) is 23.7 Å². The Labute approximate surface area is 434 Å². The molecule has 20 nitrogen and oxygen atoms in total. The van der Waals surface area contributed by atoms with E-state index in [4.69, 9.17) is 49.1 Å². The van der Waals surface area contributed by atoms with Crippen LogP contribution in [0.3, 0.4) is 0 Å². The summed E-state index contributed by atoms with van der Waals surface area (Å²) in [4.78, 5) is 80.8. The minimum atomic E-state index is -0.759. The molecule has 2 fully saturated rings. The second-order valence-corrected chi connectivity index (χ2v) is 16.5. The fourth-order valence-corrected chi connectivity index (χ4v) is 7.40. The summed E-state index contributed by atoms with van der Waals surface area (Å²) in [6, 6.07) is 31.4. The van der Waals surface area contributed by atoms with Gasteiger partial charge in [0.1, 0.15) is 23.7 Å². The van der Waals surface area contributed by atoms with Gasteiger partial charge in [0.05, 0.1) is 48.7 Å². The molecule has 0 spiro atoms. The number of aliphatic hydroxyl groups is 2. The van der Waals surface area contributed by atoms with E-state index < -0.39 is 60.2 Å². The summed E-state index contributed by atoms with van der Waals surface area (Å²) in [6.45, 7) is 7.55. The van der Waals surface area contributed by atoms with Crippen LogP contribution in [0.25, 0.3) is 21.5 Å². The molecule has 0 bridgehead atoms. The molecule has 6 aromatic carbocycles. The van der Waals surface area contributed by atoms with Crippen molar-refractivity contribution < 1.29 is 97.2 Å². The van der Waals surface area contributed by atoms with Crippen LogP contribution in [0.5, 0.6) is 23.0 Å². The van der Waals surface area contributed by atoms with E-state index in [1.165, 1.54) is 48.5 Å². The third-order valence-electron chi connectivity index (χ3n) is 11.3. The molecule has 6 aromatic rings. The Morgan fingerprint density at radius 2 is 0.803 bits per heavy atom. The van der Waals surface area contributed by atoms with E-state index >= 15 is 0 Å². The molecule has 398 valence electrons. The number of unbranched alkanes of at least 4 members (excludes halogenated alkanes) is 2. The summed E-state index contributed by atoms with van der Waals surface area (Å²) in [5.74, 6) is -2.31. The number of aliphatic hydroxyl groups excluding tert-OH is 2.